The van der Waals surface area contributed by atoms with Crippen molar-refractivity contribution in [3.05, 3.63) is 83.9 Å². The molecule has 6 rings (SSSR count). The molecule has 0 spiro atoms. The summed E-state index contributed by atoms with van der Waals surface area (Å²) in [6.45, 7) is 3.07. The van der Waals surface area contributed by atoms with Crippen LogP contribution in [0, 0.1) is 0 Å². The Labute approximate surface area is 203 Å². The molecule has 4 N–H and O–H groups in total. The number of hydrogen-bond donors (Lipinski definition) is 4. The van der Waals surface area contributed by atoms with Crippen LogP contribution in [0.2, 0.25) is 0 Å². The Kier molecular flexibility index (Phi) is 5.89. The molecule has 0 radical (unpaired) electrons. The largest absolute Gasteiger partial charge is 0.369 e. The number of aliphatic hydroxyl groups excluding tert-OH is 1. The van der Waals surface area contributed by atoms with E-state index in [2.05, 4.69) is 48.8 Å². The fourth-order valence-electron chi connectivity index (χ4n) is 4.97. The predicted octanol–water partition coefficient (Wildman–Crippen LogP) is 4.34. The summed E-state index contributed by atoms with van der Waals surface area (Å²) in [5, 5.41) is 30.3. The summed E-state index contributed by atoms with van der Waals surface area (Å²) in [6.07, 6.45) is 8.76. The van der Waals surface area contributed by atoms with Gasteiger partial charge in [-0.25, -0.2) is 4.98 Å². The van der Waals surface area contributed by atoms with Crippen molar-refractivity contribution in [1.82, 2.24) is 30.3 Å². The minimum atomic E-state index is -0.788. The van der Waals surface area contributed by atoms with Crippen molar-refractivity contribution in [2.24, 2.45) is 0 Å². The summed E-state index contributed by atoms with van der Waals surface area (Å²) in [7, 11) is 0. The highest BCUT2D eigenvalue weighted by Crippen LogP contribution is 2.33. The van der Waals surface area contributed by atoms with Gasteiger partial charge in [-0.15, -0.1) is 0 Å². The van der Waals surface area contributed by atoms with E-state index in [1.807, 2.05) is 48.5 Å². The smallest absolute Gasteiger partial charge is 0.181 e. The van der Waals surface area contributed by atoms with Crippen molar-refractivity contribution in [3.63, 3.8) is 0 Å². The van der Waals surface area contributed by atoms with Gasteiger partial charge in [-0.3, -0.25) is 15.1 Å². The maximum atomic E-state index is 10.8. The summed E-state index contributed by atoms with van der Waals surface area (Å²) < 4.78 is 0. The van der Waals surface area contributed by atoms with Crippen LogP contribution in [-0.2, 0) is 6.54 Å². The molecule has 2 aliphatic rings. The highest BCUT2D eigenvalue weighted by molar-refractivity contribution is 5.86. The molecule has 1 aliphatic heterocycles. The minimum Gasteiger partial charge on any atom is -0.369 e. The van der Waals surface area contributed by atoms with Crippen LogP contribution >= 0.6 is 0 Å². The Morgan fingerprint density at radius 3 is 2.77 bits per heavy atom. The molecular weight excluding hydrogens is 438 g/mol. The van der Waals surface area contributed by atoms with Crippen molar-refractivity contribution in [1.29, 1.82) is 0 Å². The van der Waals surface area contributed by atoms with E-state index in [4.69, 9.17) is 4.98 Å². The average molecular weight is 468 g/mol. The molecule has 8 heteroatoms. The van der Waals surface area contributed by atoms with E-state index in [0.29, 0.717) is 5.82 Å². The Balaban J connectivity index is 1.24. The standard InChI is InChI=1S/C27H29N7O/c35-27(28-21-9-2-1-3-10-21)20-8-6-7-18(15-20)25-22-16-19(11-12-23(22)30-32-25)26-29-24(31-33-26)17-34-13-4-5-14-34/h1-3,6,8-12,15-16,18,27-28,35H,4-5,7,13-14,17H2,(H,30,32)(H,29,31,33). The first kappa shape index (κ1) is 21.8. The number of fused-ring (bicyclic) bond motifs is 1. The third-order valence-electron chi connectivity index (χ3n) is 6.80. The van der Waals surface area contributed by atoms with Gasteiger partial charge in [0, 0.05) is 22.6 Å². The van der Waals surface area contributed by atoms with Crippen molar-refractivity contribution >= 4 is 16.6 Å². The lowest BCUT2D eigenvalue weighted by Crippen LogP contribution is -2.22. The van der Waals surface area contributed by atoms with Gasteiger partial charge in [0.05, 0.1) is 17.8 Å². The molecule has 3 heterocycles. The predicted molar refractivity (Wildman–Crippen MR) is 137 cm³/mol. The van der Waals surface area contributed by atoms with Crippen LogP contribution in [0.4, 0.5) is 5.69 Å². The molecule has 0 bridgehead atoms. The number of nitrogens with zero attached hydrogens (tertiary/aromatic N) is 4. The van der Waals surface area contributed by atoms with E-state index >= 15 is 0 Å². The molecule has 1 fully saturated rings. The second-order valence-electron chi connectivity index (χ2n) is 9.28. The monoisotopic (exact) mass is 467 g/mol. The lowest BCUT2D eigenvalue weighted by molar-refractivity contribution is 0.242. The Bertz CT molecular complexity index is 1360. The first-order valence-electron chi connectivity index (χ1n) is 12.2. The molecule has 2 atom stereocenters. The normalized spacial score (nSPS) is 19.2. The Morgan fingerprint density at radius 2 is 1.91 bits per heavy atom. The molecule has 2 unspecified atom stereocenters. The van der Waals surface area contributed by atoms with E-state index in [1.165, 1.54) is 12.8 Å². The summed E-state index contributed by atoms with van der Waals surface area (Å²) >= 11 is 0. The van der Waals surface area contributed by atoms with E-state index in [-0.39, 0.29) is 5.92 Å². The molecule has 178 valence electrons. The molecule has 35 heavy (non-hydrogen) atoms. The summed E-state index contributed by atoms with van der Waals surface area (Å²) in [5.41, 5.74) is 4.62. The number of hydrogen-bond acceptors (Lipinski definition) is 6. The first-order chi connectivity index (χ1) is 17.2. The van der Waals surface area contributed by atoms with Gasteiger partial charge in [0.15, 0.2) is 12.1 Å². The van der Waals surface area contributed by atoms with E-state index in [1.54, 1.807) is 0 Å². The van der Waals surface area contributed by atoms with Crippen LogP contribution in [0.5, 0.6) is 0 Å². The average Bonchev–Trinajstić information content (AvgIpc) is 3.66. The topological polar surface area (TPSA) is 106 Å². The third kappa shape index (κ3) is 4.62. The van der Waals surface area contributed by atoms with E-state index in [9.17, 15) is 5.11 Å². The lowest BCUT2D eigenvalue weighted by Gasteiger charge is -2.21. The molecule has 2 aromatic heterocycles. The molecule has 8 nitrogen and oxygen atoms in total. The fourth-order valence-corrected chi connectivity index (χ4v) is 4.97. The van der Waals surface area contributed by atoms with Crippen molar-refractivity contribution in [2.45, 2.75) is 38.0 Å². The van der Waals surface area contributed by atoms with Gasteiger partial charge in [-0.05, 0) is 68.3 Å². The number of aromatic nitrogens is 5. The Hall–Kier alpha value is -3.75. The summed E-state index contributed by atoms with van der Waals surface area (Å²) in [6, 6.07) is 15.9. The van der Waals surface area contributed by atoms with Gasteiger partial charge >= 0.3 is 0 Å². The number of allylic oxidation sites excluding steroid dienone is 2. The van der Waals surface area contributed by atoms with Crippen molar-refractivity contribution in [2.75, 3.05) is 18.4 Å². The third-order valence-corrected chi connectivity index (χ3v) is 6.80. The van der Waals surface area contributed by atoms with Crippen LogP contribution in [-0.4, -0.2) is 54.7 Å². The van der Waals surface area contributed by atoms with Crippen LogP contribution in [0.15, 0.2) is 72.3 Å². The van der Waals surface area contributed by atoms with Crippen molar-refractivity contribution < 1.29 is 5.11 Å². The zero-order valence-corrected chi connectivity index (χ0v) is 19.5. The van der Waals surface area contributed by atoms with E-state index < -0.39 is 6.23 Å². The molecule has 0 amide bonds. The molecule has 4 aromatic rings. The number of aliphatic hydroxyl groups is 1. The quantitative estimate of drug-likeness (QED) is 0.301. The van der Waals surface area contributed by atoms with Gasteiger partial charge in [0.2, 0.25) is 0 Å². The number of likely N-dealkylation sites (tertiary alicyclic amines) is 1. The summed E-state index contributed by atoms with van der Waals surface area (Å²) in [4.78, 5) is 7.16. The molecular formula is C27H29N7O. The lowest BCUT2D eigenvalue weighted by atomic mass is 9.90. The highest BCUT2D eigenvalue weighted by atomic mass is 16.3. The fraction of sp³-hybridized carbons (Fsp3) is 0.296. The number of anilines is 1. The number of para-hydroxylation sites is 1. The zero-order valence-electron chi connectivity index (χ0n) is 19.5. The van der Waals surface area contributed by atoms with Crippen LogP contribution in [0.3, 0.4) is 0 Å². The van der Waals surface area contributed by atoms with Crippen LogP contribution in [0.1, 0.15) is 36.7 Å². The second kappa shape index (κ2) is 9.48. The highest BCUT2D eigenvalue weighted by Gasteiger charge is 2.21. The second-order valence-corrected chi connectivity index (χ2v) is 9.28. The van der Waals surface area contributed by atoms with Crippen LogP contribution in [0.25, 0.3) is 22.3 Å². The molecule has 0 saturated carbocycles. The molecule has 1 aliphatic carbocycles. The van der Waals surface area contributed by atoms with Gasteiger partial charge in [-0.1, -0.05) is 36.4 Å². The maximum Gasteiger partial charge on any atom is 0.181 e. The van der Waals surface area contributed by atoms with Crippen LogP contribution < -0.4 is 5.32 Å². The van der Waals surface area contributed by atoms with Gasteiger partial charge in [0.1, 0.15) is 5.82 Å². The first-order valence-corrected chi connectivity index (χ1v) is 12.2. The number of benzene rings is 2. The number of nitrogens with one attached hydrogen (secondary N) is 3. The minimum absolute atomic E-state index is 0.0837. The van der Waals surface area contributed by atoms with Gasteiger partial charge < -0.3 is 10.4 Å². The molecule has 2 aromatic carbocycles. The van der Waals surface area contributed by atoms with Crippen molar-refractivity contribution in [3.8, 4) is 11.4 Å². The number of aromatic amines is 2. The van der Waals surface area contributed by atoms with Gasteiger partial charge in [-0.2, -0.15) is 10.2 Å². The SMILES string of the molecule is OC(Nc1ccccc1)C1=CC(c2[nH]nc3ccc(-c4n[nH]c(CN5CCCC5)n4)cc23)CC=C1. The zero-order chi connectivity index (χ0) is 23.6. The summed E-state index contributed by atoms with van der Waals surface area (Å²) in [5.74, 6) is 1.69. The van der Waals surface area contributed by atoms with E-state index in [0.717, 1.165) is 65.3 Å². The molecule has 1 saturated heterocycles. The number of H-pyrrole nitrogens is 2. The van der Waals surface area contributed by atoms with Gasteiger partial charge in [0.25, 0.3) is 0 Å². The Morgan fingerprint density at radius 1 is 1.06 bits per heavy atom. The maximum absolute atomic E-state index is 10.8. The number of rotatable bonds is 7.